The molecule has 4 aromatic carbocycles. The minimum atomic E-state index is 0.400. The predicted molar refractivity (Wildman–Crippen MR) is 214 cm³/mol. The SMILES string of the molecule is N=C1/C=C(/C=C/c2ccccc2)CCc2cc(-c3ccccc3)nc(c2)-c2cc(cc(-c3ccccc3)n2)CCc2cc1nc(-c1ccccc1)c2. The van der Waals surface area contributed by atoms with Gasteiger partial charge in [0.2, 0.25) is 0 Å². The van der Waals surface area contributed by atoms with Crippen molar-refractivity contribution in [1.29, 1.82) is 5.41 Å². The van der Waals surface area contributed by atoms with Crippen molar-refractivity contribution < 1.29 is 0 Å². The van der Waals surface area contributed by atoms with Crippen molar-refractivity contribution in [2.75, 3.05) is 0 Å². The fourth-order valence-electron chi connectivity index (χ4n) is 6.67. The van der Waals surface area contributed by atoms with Gasteiger partial charge in [-0.05, 0) is 96.0 Å². The third-order valence-electron chi connectivity index (χ3n) is 9.43. The quantitative estimate of drug-likeness (QED) is 0.198. The highest BCUT2D eigenvalue weighted by atomic mass is 14.8. The van der Waals surface area contributed by atoms with Gasteiger partial charge in [-0.2, -0.15) is 0 Å². The van der Waals surface area contributed by atoms with Crippen molar-refractivity contribution in [2.24, 2.45) is 0 Å². The third kappa shape index (κ3) is 7.77. The molecule has 4 heteroatoms. The monoisotopic (exact) mass is 670 g/mol. The standard InChI is InChI=1S/C48H38N4/c49-42-27-35(22-21-34-13-5-1-6-14-34)23-24-37-29-44(40-17-9-3-10-18-40)51-47(32-37)48-33-38(30-45(52-48)41-19-11-4-12-20-41)26-25-36-28-43(50-46(42)31-36)39-15-7-2-8-16-39/h1-22,27-33,49H,23-26H2/b22-21+,35-27-,49-42?. The lowest BCUT2D eigenvalue weighted by Gasteiger charge is -2.14. The highest BCUT2D eigenvalue weighted by Gasteiger charge is 2.15. The number of benzene rings is 4. The molecule has 0 aliphatic heterocycles. The fraction of sp³-hybridized carbons (Fsp3) is 0.0833. The largest absolute Gasteiger partial charge is 0.299 e. The summed E-state index contributed by atoms with van der Waals surface area (Å²) in [6.07, 6.45) is 9.35. The smallest absolute Gasteiger partial charge is 0.0896 e. The lowest BCUT2D eigenvalue weighted by atomic mass is 9.96. The molecule has 6 bridgehead atoms. The Balaban J connectivity index is 1.29. The second-order valence-corrected chi connectivity index (χ2v) is 13.2. The Bertz CT molecular complexity index is 2400. The summed E-state index contributed by atoms with van der Waals surface area (Å²) in [5.74, 6) is 0. The van der Waals surface area contributed by atoms with Crippen molar-refractivity contribution in [3.8, 4) is 45.2 Å². The number of nitrogens with one attached hydrogen (secondary N) is 1. The van der Waals surface area contributed by atoms with Gasteiger partial charge >= 0.3 is 0 Å². The Hall–Kier alpha value is -6.52. The van der Waals surface area contributed by atoms with E-state index in [1.165, 1.54) is 11.1 Å². The Morgan fingerprint density at radius 3 is 1.21 bits per heavy atom. The van der Waals surface area contributed by atoms with Gasteiger partial charge in [0.25, 0.3) is 0 Å². The number of rotatable bonds is 5. The summed E-state index contributed by atoms with van der Waals surface area (Å²) in [7, 11) is 0. The van der Waals surface area contributed by atoms with Crippen LogP contribution in [0.1, 0.15) is 34.4 Å². The van der Waals surface area contributed by atoms with Crippen molar-refractivity contribution in [3.63, 3.8) is 0 Å². The van der Waals surface area contributed by atoms with E-state index in [0.29, 0.717) is 11.4 Å². The lowest BCUT2D eigenvalue weighted by molar-refractivity contribution is 0.948. The van der Waals surface area contributed by atoms with Gasteiger partial charge in [-0.1, -0.05) is 133 Å². The van der Waals surface area contributed by atoms with Crippen LogP contribution in [0.2, 0.25) is 0 Å². The van der Waals surface area contributed by atoms with E-state index in [9.17, 15) is 5.41 Å². The Kier molecular flexibility index (Phi) is 9.52. The van der Waals surface area contributed by atoms with Gasteiger partial charge in [-0.25, -0.2) is 15.0 Å². The average molecular weight is 671 g/mol. The van der Waals surface area contributed by atoms with E-state index in [4.69, 9.17) is 15.0 Å². The van der Waals surface area contributed by atoms with Crippen LogP contribution in [0.4, 0.5) is 0 Å². The van der Waals surface area contributed by atoms with Crippen LogP contribution >= 0.6 is 0 Å². The molecule has 8 rings (SSSR count). The summed E-state index contributed by atoms with van der Waals surface area (Å²) in [5, 5.41) is 9.36. The summed E-state index contributed by atoms with van der Waals surface area (Å²) in [6, 6.07) is 54.4. The van der Waals surface area contributed by atoms with E-state index in [0.717, 1.165) is 87.5 Å². The highest BCUT2D eigenvalue weighted by molar-refractivity contribution is 6.06. The molecular weight excluding hydrogens is 633 g/mol. The second-order valence-electron chi connectivity index (χ2n) is 13.2. The van der Waals surface area contributed by atoms with Crippen LogP contribution in [0, 0.1) is 5.41 Å². The number of hydrogen-bond acceptors (Lipinski definition) is 4. The van der Waals surface area contributed by atoms with Crippen molar-refractivity contribution in [2.45, 2.75) is 25.7 Å². The van der Waals surface area contributed by atoms with Gasteiger partial charge in [0.1, 0.15) is 0 Å². The molecule has 0 spiro atoms. The maximum absolute atomic E-state index is 9.36. The molecular formula is C48H38N4. The van der Waals surface area contributed by atoms with Crippen LogP contribution in [0.3, 0.4) is 0 Å². The van der Waals surface area contributed by atoms with Crippen molar-refractivity contribution in [3.05, 3.63) is 203 Å². The first kappa shape index (κ1) is 32.7. The molecule has 52 heavy (non-hydrogen) atoms. The maximum atomic E-state index is 9.36. The zero-order chi connectivity index (χ0) is 35.1. The topological polar surface area (TPSA) is 62.5 Å². The zero-order valence-electron chi connectivity index (χ0n) is 28.9. The number of aryl methyl sites for hydroxylation is 3. The summed E-state index contributed by atoms with van der Waals surface area (Å²) in [5.41, 5.74) is 14.4. The van der Waals surface area contributed by atoms with Gasteiger partial charge in [0.05, 0.1) is 39.9 Å². The van der Waals surface area contributed by atoms with Gasteiger partial charge < -0.3 is 0 Å². The third-order valence-corrected chi connectivity index (χ3v) is 9.43. The minimum absolute atomic E-state index is 0.400. The van der Waals surface area contributed by atoms with E-state index < -0.39 is 0 Å². The molecule has 7 aromatic rings. The van der Waals surface area contributed by atoms with Crippen LogP contribution in [0.5, 0.6) is 0 Å². The lowest BCUT2D eigenvalue weighted by Crippen LogP contribution is -2.05. The summed E-state index contributed by atoms with van der Waals surface area (Å²) in [4.78, 5) is 15.5. The highest BCUT2D eigenvalue weighted by Crippen LogP contribution is 2.30. The van der Waals surface area contributed by atoms with E-state index in [2.05, 4.69) is 121 Å². The van der Waals surface area contributed by atoms with Gasteiger partial charge in [-0.3, -0.25) is 5.41 Å². The molecule has 0 amide bonds. The molecule has 3 aromatic heterocycles. The van der Waals surface area contributed by atoms with E-state index in [-0.39, 0.29) is 0 Å². The van der Waals surface area contributed by atoms with E-state index >= 15 is 0 Å². The molecule has 0 radical (unpaired) electrons. The first-order chi connectivity index (χ1) is 25.6. The normalized spacial score (nSPS) is 14.2. The van der Waals surface area contributed by atoms with Crippen LogP contribution in [-0.4, -0.2) is 20.7 Å². The molecule has 1 N–H and O–H groups in total. The van der Waals surface area contributed by atoms with E-state index in [1.54, 1.807) is 0 Å². The molecule has 0 saturated carbocycles. The maximum Gasteiger partial charge on any atom is 0.0896 e. The molecule has 250 valence electrons. The number of allylic oxidation sites excluding steroid dienone is 3. The molecule has 1 aliphatic rings. The molecule has 4 nitrogen and oxygen atoms in total. The van der Waals surface area contributed by atoms with Crippen LogP contribution in [0.25, 0.3) is 51.2 Å². The van der Waals surface area contributed by atoms with Gasteiger partial charge in [-0.15, -0.1) is 0 Å². The summed E-state index contributed by atoms with van der Waals surface area (Å²) < 4.78 is 0. The van der Waals surface area contributed by atoms with E-state index in [1.807, 2.05) is 54.6 Å². The van der Waals surface area contributed by atoms with Crippen LogP contribution in [-0.2, 0) is 19.3 Å². The number of pyridine rings is 3. The summed E-state index contributed by atoms with van der Waals surface area (Å²) >= 11 is 0. The molecule has 0 atom stereocenters. The van der Waals surface area contributed by atoms with Crippen LogP contribution < -0.4 is 0 Å². The van der Waals surface area contributed by atoms with Gasteiger partial charge in [0.15, 0.2) is 0 Å². The summed E-state index contributed by atoms with van der Waals surface area (Å²) in [6.45, 7) is 0. The Morgan fingerprint density at radius 2 is 0.750 bits per heavy atom. The number of nitrogens with zero attached hydrogens (tertiary/aromatic N) is 3. The Morgan fingerprint density at radius 1 is 0.385 bits per heavy atom. The molecule has 1 aliphatic carbocycles. The predicted octanol–water partition coefficient (Wildman–Crippen LogP) is 11.3. The number of aromatic nitrogens is 3. The van der Waals surface area contributed by atoms with Crippen LogP contribution in [0.15, 0.2) is 175 Å². The molecule has 0 fully saturated rings. The second kappa shape index (κ2) is 15.2. The number of hydrogen-bond donors (Lipinski definition) is 1. The first-order valence-electron chi connectivity index (χ1n) is 17.9. The van der Waals surface area contributed by atoms with Gasteiger partial charge in [0, 0.05) is 16.7 Å². The molecule has 0 unspecified atom stereocenters. The molecule has 3 heterocycles. The number of fused-ring (bicyclic) bond motifs is 7. The average Bonchev–Trinajstić information content (AvgIpc) is 3.21. The minimum Gasteiger partial charge on any atom is -0.299 e. The van der Waals surface area contributed by atoms with Crippen molar-refractivity contribution in [1.82, 2.24) is 15.0 Å². The zero-order valence-corrected chi connectivity index (χ0v) is 28.9. The fourth-order valence-corrected chi connectivity index (χ4v) is 6.67. The first-order valence-corrected chi connectivity index (χ1v) is 17.9. The van der Waals surface area contributed by atoms with Crippen molar-refractivity contribution >= 4 is 11.8 Å². The Labute approximate surface area is 305 Å². The molecule has 0 saturated heterocycles.